The second kappa shape index (κ2) is 2.73. The van der Waals surface area contributed by atoms with Crippen LogP contribution in [0, 0.1) is 17.8 Å². The minimum Gasteiger partial charge on any atom is -0.481 e. The van der Waals surface area contributed by atoms with Crippen LogP contribution >= 0.6 is 0 Å². The molecule has 2 aliphatic carbocycles. The summed E-state index contributed by atoms with van der Waals surface area (Å²) in [6.07, 6.45) is 3.21. The van der Waals surface area contributed by atoms with Crippen molar-refractivity contribution in [3.8, 4) is 0 Å². The summed E-state index contributed by atoms with van der Waals surface area (Å²) in [5, 5.41) is 18.4. The van der Waals surface area contributed by atoms with Crippen molar-refractivity contribution in [1.29, 1.82) is 0 Å². The van der Waals surface area contributed by atoms with Crippen LogP contribution in [0.2, 0.25) is 0 Å². The zero-order valence-corrected chi connectivity index (χ0v) is 6.94. The van der Waals surface area contributed by atoms with Crippen molar-refractivity contribution in [3.63, 3.8) is 0 Å². The maximum Gasteiger partial charge on any atom is 0.306 e. The fourth-order valence-corrected chi connectivity index (χ4v) is 2.70. The van der Waals surface area contributed by atoms with Gasteiger partial charge >= 0.3 is 5.97 Å². The Bertz CT molecular complexity index is 188. The summed E-state index contributed by atoms with van der Waals surface area (Å²) in [5.41, 5.74) is 0. The molecule has 2 bridgehead atoms. The van der Waals surface area contributed by atoms with Crippen LogP contribution in [0.1, 0.15) is 25.7 Å². The van der Waals surface area contributed by atoms with Gasteiger partial charge in [0, 0.05) is 0 Å². The normalized spacial score (nSPS) is 46.1. The van der Waals surface area contributed by atoms with Crippen LogP contribution in [0.3, 0.4) is 0 Å². The molecule has 0 amide bonds. The highest BCUT2D eigenvalue weighted by Gasteiger charge is 2.43. The maximum absolute atomic E-state index is 10.7. The van der Waals surface area contributed by atoms with Crippen LogP contribution in [0.4, 0.5) is 0 Å². The molecule has 0 aromatic rings. The highest BCUT2D eigenvalue weighted by molar-refractivity contribution is 5.70. The summed E-state index contributed by atoms with van der Waals surface area (Å²) in [6.45, 7) is 0. The molecule has 0 radical (unpaired) electrons. The molecule has 2 aliphatic rings. The number of carboxylic acids is 1. The molecule has 4 atom stereocenters. The van der Waals surface area contributed by atoms with Gasteiger partial charge in [-0.3, -0.25) is 4.79 Å². The molecule has 0 aromatic heterocycles. The topological polar surface area (TPSA) is 57.5 Å². The van der Waals surface area contributed by atoms with E-state index >= 15 is 0 Å². The van der Waals surface area contributed by atoms with Gasteiger partial charge in [0.05, 0.1) is 12.0 Å². The fraction of sp³-hybridized carbons (Fsp3) is 0.889. The molecular weight excluding hydrogens is 156 g/mol. The number of rotatable bonds is 1. The van der Waals surface area contributed by atoms with Gasteiger partial charge in [0.1, 0.15) is 0 Å². The van der Waals surface area contributed by atoms with Crippen LogP contribution < -0.4 is 0 Å². The number of hydrogen-bond acceptors (Lipinski definition) is 2. The number of hydrogen-bond donors (Lipinski definition) is 2. The third kappa shape index (κ3) is 1.12. The lowest BCUT2D eigenvalue weighted by molar-refractivity contribution is -0.144. The van der Waals surface area contributed by atoms with E-state index in [4.69, 9.17) is 5.11 Å². The molecular formula is C9H14O3. The van der Waals surface area contributed by atoms with Gasteiger partial charge in [-0.15, -0.1) is 0 Å². The van der Waals surface area contributed by atoms with Gasteiger partial charge in [0.25, 0.3) is 0 Å². The van der Waals surface area contributed by atoms with Crippen molar-refractivity contribution in [1.82, 2.24) is 0 Å². The first kappa shape index (κ1) is 8.05. The Labute approximate surface area is 71.4 Å². The van der Waals surface area contributed by atoms with E-state index in [1.165, 1.54) is 0 Å². The minimum atomic E-state index is -0.682. The summed E-state index contributed by atoms with van der Waals surface area (Å²) >= 11 is 0. The Morgan fingerprint density at radius 2 is 1.67 bits per heavy atom. The third-order valence-electron chi connectivity index (χ3n) is 3.40. The number of aliphatic carboxylic acids is 1. The summed E-state index contributed by atoms with van der Waals surface area (Å²) in [4.78, 5) is 10.7. The Balaban J connectivity index is 2.07. The molecule has 3 heteroatoms. The van der Waals surface area contributed by atoms with Crippen LogP contribution in [0.15, 0.2) is 0 Å². The van der Waals surface area contributed by atoms with Gasteiger partial charge in [-0.1, -0.05) is 0 Å². The fourth-order valence-electron chi connectivity index (χ4n) is 2.70. The van der Waals surface area contributed by atoms with Gasteiger partial charge in [-0.05, 0) is 37.5 Å². The number of carboxylic acid groups (broad SMARTS) is 1. The van der Waals surface area contributed by atoms with Gasteiger partial charge < -0.3 is 10.2 Å². The lowest BCUT2D eigenvalue weighted by atomic mass is 9.79. The van der Waals surface area contributed by atoms with E-state index in [0.717, 1.165) is 12.8 Å². The van der Waals surface area contributed by atoms with E-state index in [1.54, 1.807) is 0 Å². The minimum absolute atomic E-state index is 0.189. The lowest BCUT2D eigenvalue weighted by Crippen LogP contribution is -2.33. The van der Waals surface area contributed by atoms with Gasteiger partial charge in [0.15, 0.2) is 0 Å². The summed E-state index contributed by atoms with van der Waals surface area (Å²) in [5.74, 6) is -0.334. The molecule has 68 valence electrons. The number of aliphatic hydroxyl groups excluding tert-OH is 1. The van der Waals surface area contributed by atoms with Crippen molar-refractivity contribution < 1.29 is 15.0 Å². The average Bonchev–Trinajstić information content (AvgIpc) is 2.30. The van der Waals surface area contributed by atoms with Crippen LogP contribution in [0.5, 0.6) is 0 Å². The molecule has 0 heterocycles. The van der Waals surface area contributed by atoms with E-state index < -0.39 is 5.97 Å². The Morgan fingerprint density at radius 3 is 2.08 bits per heavy atom. The Morgan fingerprint density at radius 1 is 1.17 bits per heavy atom. The van der Waals surface area contributed by atoms with Gasteiger partial charge in [-0.2, -0.15) is 0 Å². The quantitative estimate of drug-likeness (QED) is 0.614. The van der Waals surface area contributed by atoms with Gasteiger partial charge in [-0.25, -0.2) is 0 Å². The van der Waals surface area contributed by atoms with E-state index in [0.29, 0.717) is 12.8 Å². The molecule has 2 rings (SSSR count). The van der Waals surface area contributed by atoms with Crippen LogP contribution in [-0.2, 0) is 4.79 Å². The second-order valence-electron chi connectivity index (χ2n) is 4.09. The van der Waals surface area contributed by atoms with Crippen molar-refractivity contribution in [2.24, 2.45) is 17.8 Å². The first-order chi connectivity index (χ1) is 5.68. The standard InChI is InChI=1S/C9H14O3/c10-8-5-1-2-6(8)4-7(3-5)9(11)12/h5-8,10H,1-4H2,(H,11,12)/t5-,6+,7?,8?. The Hall–Kier alpha value is -0.570. The SMILES string of the molecule is O=C(O)C1C[C@H]2CC[C@@H](C1)C2O. The average molecular weight is 170 g/mol. The first-order valence-corrected chi connectivity index (χ1v) is 4.59. The van der Waals surface area contributed by atoms with E-state index in [-0.39, 0.29) is 23.9 Å². The van der Waals surface area contributed by atoms with E-state index in [2.05, 4.69) is 0 Å². The third-order valence-corrected chi connectivity index (χ3v) is 3.40. The Kier molecular flexibility index (Phi) is 1.83. The molecule has 0 aromatic carbocycles. The van der Waals surface area contributed by atoms with Crippen molar-refractivity contribution in [2.75, 3.05) is 0 Å². The maximum atomic E-state index is 10.7. The monoisotopic (exact) mass is 170 g/mol. The number of carbonyl (C=O) groups is 1. The van der Waals surface area contributed by atoms with E-state index in [9.17, 15) is 9.90 Å². The van der Waals surface area contributed by atoms with Crippen molar-refractivity contribution >= 4 is 5.97 Å². The smallest absolute Gasteiger partial charge is 0.306 e. The molecule has 12 heavy (non-hydrogen) atoms. The lowest BCUT2D eigenvalue weighted by Gasteiger charge is -2.29. The van der Waals surface area contributed by atoms with Crippen LogP contribution in [0.25, 0.3) is 0 Å². The molecule has 0 aliphatic heterocycles. The second-order valence-corrected chi connectivity index (χ2v) is 4.09. The molecule has 0 saturated heterocycles. The number of aliphatic hydroxyl groups is 1. The summed E-state index contributed by atoms with van der Waals surface area (Å²) in [6, 6.07) is 0. The highest BCUT2D eigenvalue weighted by Crippen LogP contribution is 2.44. The summed E-state index contributed by atoms with van der Waals surface area (Å²) < 4.78 is 0. The zero-order chi connectivity index (χ0) is 8.72. The molecule has 2 N–H and O–H groups in total. The summed E-state index contributed by atoms with van der Waals surface area (Å²) in [7, 11) is 0. The largest absolute Gasteiger partial charge is 0.481 e. The zero-order valence-electron chi connectivity index (χ0n) is 6.94. The molecule has 3 nitrogen and oxygen atoms in total. The first-order valence-electron chi connectivity index (χ1n) is 4.59. The van der Waals surface area contributed by atoms with Crippen molar-refractivity contribution in [3.05, 3.63) is 0 Å². The number of fused-ring (bicyclic) bond motifs is 2. The highest BCUT2D eigenvalue weighted by atomic mass is 16.4. The molecule has 2 unspecified atom stereocenters. The molecule has 2 saturated carbocycles. The molecule has 0 spiro atoms. The molecule has 2 fully saturated rings. The van der Waals surface area contributed by atoms with Crippen molar-refractivity contribution in [2.45, 2.75) is 31.8 Å². The van der Waals surface area contributed by atoms with Gasteiger partial charge in [0.2, 0.25) is 0 Å². The predicted molar refractivity (Wildman–Crippen MR) is 42.6 cm³/mol. The van der Waals surface area contributed by atoms with Crippen LogP contribution in [-0.4, -0.2) is 22.3 Å². The predicted octanol–water partition coefficient (Wildman–Crippen LogP) is 0.868. The van der Waals surface area contributed by atoms with E-state index in [1.807, 2.05) is 0 Å².